The number of carbonyl (C=O) groups excluding carboxylic acids is 6. The van der Waals surface area contributed by atoms with E-state index >= 15 is 0 Å². The number of rotatable bonds is 86. The Bertz CT molecular complexity index is 2100. The molecule has 0 aliphatic carbocycles. The van der Waals surface area contributed by atoms with E-state index in [1.807, 2.05) is 0 Å². The number of hydrogen-bond acceptors (Lipinski definition) is 16. The molecule has 0 bridgehead atoms. The Morgan fingerprint density at radius 1 is 0.297 bits per heavy atom. The number of unbranched alkanes of at least 4 members (excludes halogenated alkanes) is 44. The summed E-state index contributed by atoms with van der Waals surface area (Å²) >= 11 is 0. The third kappa shape index (κ3) is 82.4. The predicted octanol–water partition coefficient (Wildman–Crippen LogP) is 15.7. The monoisotopic (exact) mass is 1640 g/mol. The summed E-state index contributed by atoms with van der Waals surface area (Å²) in [5.41, 5.74) is 0. The van der Waals surface area contributed by atoms with E-state index in [0.29, 0.717) is 51.4 Å². The van der Waals surface area contributed by atoms with Crippen molar-refractivity contribution in [3.8, 4) is 0 Å². The fourth-order valence-electron chi connectivity index (χ4n) is 13.2. The number of esters is 2. The van der Waals surface area contributed by atoms with Gasteiger partial charge in [0.25, 0.3) is 0 Å². The van der Waals surface area contributed by atoms with Gasteiger partial charge in [0.1, 0.15) is 18.6 Å². The van der Waals surface area contributed by atoms with Gasteiger partial charge >= 0.3 is 86.7 Å². The van der Waals surface area contributed by atoms with Crippen molar-refractivity contribution < 1.29 is 147 Å². The first kappa shape index (κ1) is 114. The van der Waals surface area contributed by atoms with Gasteiger partial charge in [-0.2, -0.15) is 0 Å². The van der Waals surface area contributed by atoms with Crippen LogP contribution in [-0.4, -0.2) is 136 Å². The van der Waals surface area contributed by atoms with Crippen molar-refractivity contribution in [1.82, 2.24) is 21.3 Å². The van der Waals surface area contributed by atoms with Gasteiger partial charge in [-0.1, -0.05) is 324 Å². The zero-order valence-corrected chi connectivity index (χ0v) is 78.2. The molecule has 0 aromatic rings. The maximum absolute atomic E-state index is 13.3. The van der Waals surface area contributed by atoms with Crippen molar-refractivity contribution in [2.75, 3.05) is 65.9 Å². The standard InChI is InChI=1S/C85H166N4O18P2.2Na.2H/c1-7-13-19-25-29-33-35-39-41-47-53-59-80(90)88-76(72-100-67-63-78(57-51-45-23-17-11-5)106-84(94)61-55-49-43-37-31-27-21-15-9-3)74-104-108(96,97)102-69-65-86-82(92)71-83(93)87-66-70-103-109(98,99)105-75-77(89-81(91)60-54-48-42-40-36-34-30-26-20-14-8-2)73-101-68-64-79(58-52-46-24-18-12-6)107-85(95)62-56-50-44-38-32-28-22-16-10-4;;;;/h76-79H,7-75H2,1-6H3,(H,86,92)(H,87,93)(H,88,90)(H,89,91)(H,96,97)(H,98,99);;;;/q;2*+1;2*-1/t76-,77-,78-,79-;;;;/m1..../s1. The number of carbonyl (C=O) groups is 6. The molecule has 6 atom stereocenters. The average Bonchev–Trinajstić information content (AvgIpc) is 0.810. The number of phosphoric ester groups is 2. The Morgan fingerprint density at radius 3 is 0.811 bits per heavy atom. The molecular formula is C85H168N4Na2O18P2. The number of hydrogen-bond donors (Lipinski definition) is 6. The van der Waals surface area contributed by atoms with E-state index < -0.39 is 72.4 Å². The molecule has 0 aromatic heterocycles. The van der Waals surface area contributed by atoms with E-state index in [-0.39, 0.29) is 150 Å². The maximum atomic E-state index is 13.3. The fourth-order valence-corrected chi connectivity index (χ4v) is 14.7. The van der Waals surface area contributed by atoms with Gasteiger partial charge in [0.05, 0.1) is 64.9 Å². The minimum absolute atomic E-state index is 0. The summed E-state index contributed by atoms with van der Waals surface area (Å²) in [7, 11) is -9.46. The third-order valence-corrected chi connectivity index (χ3v) is 21.9. The molecule has 0 rings (SSSR count). The molecule has 0 saturated carbocycles. The van der Waals surface area contributed by atoms with Crippen LogP contribution in [0.5, 0.6) is 0 Å². The van der Waals surface area contributed by atoms with Crippen molar-refractivity contribution in [3.63, 3.8) is 0 Å². The van der Waals surface area contributed by atoms with E-state index in [4.69, 9.17) is 37.0 Å². The smallest absolute Gasteiger partial charge is 1.00 e. The second-order valence-electron chi connectivity index (χ2n) is 30.7. The van der Waals surface area contributed by atoms with Gasteiger partial charge in [0, 0.05) is 51.6 Å². The Balaban J connectivity index is -0.00000972. The summed E-state index contributed by atoms with van der Waals surface area (Å²) in [5.74, 6) is -2.36. The number of ether oxygens (including phenoxy) is 4. The molecule has 0 heterocycles. The minimum atomic E-state index is -4.73. The molecule has 111 heavy (non-hydrogen) atoms. The van der Waals surface area contributed by atoms with Crippen LogP contribution in [0.15, 0.2) is 0 Å². The zero-order chi connectivity index (χ0) is 80.0. The molecule has 0 aliphatic rings. The molecule has 6 N–H and O–H groups in total. The third-order valence-electron chi connectivity index (χ3n) is 19.9. The Morgan fingerprint density at radius 2 is 0.541 bits per heavy atom. The largest absolute Gasteiger partial charge is 1.00 e. The average molecular weight is 1640 g/mol. The molecular weight excluding hydrogens is 1470 g/mol. The van der Waals surface area contributed by atoms with Crippen LogP contribution in [-0.2, 0) is 74.9 Å². The summed E-state index contributed by atoms with van der Waals surface area (Å²) < 4.78 is 71.5. The molecule has 22 nitrogen and oxygen atoms in total. The van der Waals surface area contributed by atoms with Gasteiger partial charge in [-0.15, -0.1) is 0 Å². The Hall–Kier alpha value is -1.04. The molecule has 0 aromatic carbocycles. The quantitative estimate of drug-likeness (QED) is 0.0108. The van der Waals surface area contributed by atoms with E-state index in [9.17, 15) is 47.7 Å². The van der Waals surface area contributed by atoms with Crippen LogP contribution in [0.2, 0.25) is 0 Å². The summed E-state index contributed by atoms with van der Waals surface area (Å²) in [6, 6.07) is -1.64. The molecule has 4 amide bonds. The molecule has 0 spiro atoms. The molecule has 0 radical (unpaired) electrons. The second-order valence-corrected chi connectivity index (χ2v) is 33.6. The van der Waals surface area contributed by atoms with Crippen molar-refractivity contribution in [3.05, 3.63) is 0 Å². The summed E-state index contributed by atoms with van der Waals surface area (Å²) in [4.78, 5) is 99.5. The van der Waals surface area contributed by atoms with Gasteiger partial charge in [-0.25, -0.2) is 9.13 Å². The van der Waals surface area contributed by atoms with Gasteiger partial charge in [-0.05, 0) is 51.4 Å². The van der Waals surface area contributed by atoms with Crippen LogP contribution >= 0.6 is 15.6 Å². The first-order valence-corrected chi connectivity index (χ1v) is 47.8. The van der Waals surface area contributed by atoms with Crippen LogP contribution in [0.25, 0.3) is 0 Å². The maximum Gasteiger partial charge on any atom is 1.00 e. The Labute approximate surface area is 724 Å². The zero-order valence-electron chi connectivity index (χ0n) is 74.4. The fraction of sp³-hybridized carbons (Fsp3) is 0.929. The number of amides is 4. The van der Waals surface area contributed by atoms with E-state index in [2.05, 4.69) is 62.8 Å². The molecule has 0 saturated heterocycles. The molecule has 2 unspecified atom stereocenters. The van der Waals surface area contributed by atoms with Crippen LogP contribution < -0.4 is 80.4 Å². The Kier molecular flexibility index (Phi) is 87.8. The number of phosphoric acid groups is 2. The van der Waals surface area contributed by atoms with Crippen LogP contribution in [0.4, 0.5) is 0 Å². The summed E-state index contributed by atoms with van der Waals surface area (Å²) in [5, 5.41) is 10.7. The predicted molar refractivity (Wildman–Crippen MR) is 443 cm³/mol. The first-order chi connectivity index (χ1) is 52.9. The van der Waals surface area contributed by atoms with Crippen molar-refractivity contribution in [2.24, 2.45) is 0 Å². The van der Waals surface area contributed by atoms with Gasteiger partial charge in [-0.3, -0.25) is 46.9 Å². The van der Waals surface area contributed by atoms with Crippen molar-refractivity contribution in [1.29, 1.82) is 0 Å². The second kappa shape index (κ2) is 85.4. The van der Waals surface area contributed by atoms with E-state index in [1.54, 1.807) is 0 Å². The summed E-state index contributed by atoms with van der Waals surface area (Å²) in [6.45, 7) is 11.3. The molecule has 648 valence electrons. The summed E-state index contributed by atoms with van der Waals surface area (Å²) in [6.07, 6.45) is 58.9. The molecule has 26 heteroatoms. The van der Waals surface area contributed by atoms with Crippen LogP contribution in [0.3, 0.4) is 0 Å². The van der Waals surface area contributed by atoms with E-state index in [1.165, 1.54) is 167 Å². The SMILES string of the molecule is CCCCCCCCCCCCCC(=O)N[C@H](COCC[C@@H](CCCCCCC)OC(=O)CCCCCCCCCCC)COP(=O)(O)OCCNC(=O)CC(=O)NCCOP(=O)(O)OC[C@@H](COCC[C@@H](CCCCCCC)OC(=O)CCCCCCCCCCC)NC(=O)CCCCCCCCCCCCC.[H-].[H-].[Na+].[Na+]. The van der Waals surface area contributed by atoms with Crippen LogP contribution in [0, 0.1) is 0 Å². The van der Waals surface area contributed by atoms with Gasteiger partial charge in [0.15, 0.2) is 0 Å². The van der Waals surface area contributed by atoms with Crippen LogP contribution in [0.1, 0.15) is 423 Å². The van der Waals surface area contributed by atoms with E-state index in [0.717, 1.165) is 141 Å². The van der Waals surface area contributed by atoms with Crippen molar-refractivity contribution >= 4 is 51.2 Å². The molecule has 0 fully saturated rings. The first-order valence-electron chi connectivity index (χ1n) is 44.8. The minimum Gasteiger partial charge on any atom is -1.00 e. The topological polar surface area (TPSA) is 299 Å². The van der Waals surface area contributed by atoms with Crippen molar-refractivity contribution in [2.45, 2.75) is 445 Å². The number of nitrogens with one attached hydrogen (secondary N) is 4. The molecule has 0 aliphatic heterocycles. The normalized spacial score (nSPS) is 13.5. The van der Waals surface area contributed by atoms with Gasteiger partial charge in [0.2, 0.25) is 23.6 Å². The van der Waals surface area contributed by atoms with Gasteiger partial charge < -0.3 is 52.9 Å².